The summed E-state index contributed by atoms with van der Waals surface area (Å²) in [6.45, 7) is 3.51. The van der Waals surface area contributed by atoms with Gasteiger partial charge >= 0.3 is 6.09 Å². The van der Waals surface area contributed by atoms with Crippen molar-refractivity contribution < 1.29 is 9.53 Å². The monoisotopic (exact) mass is 297 g/mol. The van der Waals surface area contributed by atoms with Crippen LogP contribution in [0.1, 0.15) is 24.9 Å². The van der Waals surface area contributed by atoms with Crippen LogP contribution in [0.4, 0.5) is 10.5 Å². The summed E-state index contributed by atoms with van der Waals surface area (Å²) in [6.07, 6.45) is 0.482. The highest BCUT2D eigenvalue weighted by atomic mass is 35.5. The Balaban J connectivity index is 2.04. The van der Waals surface area contributed by atoms with Crippen molar-refractivity contribution in [1.29, 1.82) is 0 Å². The number of hydrogen-bond acceptors (Lipinski definition) is 4. The lowest BCUT2D eigenvalue weighted by Gasteiger charge is -2.21. The molecule has 1 heterocycles. The van der Waals surface area contributed by atoms with Crippen LogP contribution in [-0.2, 0) is 4.74 Å². The number of alkyl carbamates (subject to hydrolysis) is 1. The van der Waals surface area contributed by atoms with Crippen molar-refractivity contribution in [3.05, 3.63) is 28.8 Å². The Bertz CT molecular complexity index is 493. The maximum Gasteiger partial charge on any atom is 0.407 e. The Morgan fingerprint density at radius 3 is 2.95 bits per heavy atom. The van der Waals surface area contributed by atoms with Gasteiger partial charge in [0.05, 0.1) is 23.9 Å². The van der Waals surface area contributed by atoms with Crippen LogP contribution in [-0.4, -0.2) is 32.3 Å². The van der Waals surface area contributed by atoms with Gasteiger partial charge in [-0.05, 0) is 31.0 Å². The van der Waals surface area contributed by atoms with Gasteiger partial charge in [0.1, 0.15) is 0 Å². The molecule has 0 spiro atoms. The Morgan fingerprint density at radius 1 is 1.60 bits per heavy atom. The van der Waals surface area contributed by atoms with E-state index in [1.165, 1.54) is 7.11 Å². The minimum absolute atomic E-state index is 0.0335. The zero-order valence-electron chi connectivity index (χ0n) is 11.7. The maximum absolute atomic E-state index is 11.2. The van der Waals surface area contributed by atoms with Gasteiger partial charge in [-0.15, -0.1) is 0 Å². The number of amides is 1. The van der Waals surface area contributed by atoms with Gasteiger partial charge in [-0.3, -0.25) is 0 Å². The summed E-state index contributed by atoms with van der Waals surface area (Å²) in [5.74, 6) is 0. The lowest BCUT2D eigenvalue weighted by Crippen LogP contribution is -2.37. The number of nitrogens with two attached hydrogens (primary N) is 1. The van der Waals surface area contributed by atoms with Crippen LogP contribution < -0.4 is 16.0 Å². The fraction of sp³-hybridized carbons (Fsp3) is 0.500. The average molecular weight is 298 g/mol. The van der Waals surface area contributed by atoms with Crippen molar-refractivity contribution in [2.24, 2.45) is 5.73 Å². The number of carbonyl (C=O) groups excluding carboxylic acids is 1. The van der Waals surface area contributed by atoms with E-state index in [0.717, 1.165) is 30.8 Å². The highest BCUT2D eigenvalue weighted by molar-refractivity contribution is 6.33. The van der Waals surface area contributed by atoms with Gasteiger partial charge in [-0.25, -0.2) is 4.79 Å². The molecule has 0 bridgehead atoms. The number of nitrogens with one attached hydrogen (secondary N) is 1. The molecular weight excluding hydrogens is 278 g/mol. The summed E-state index contributed by atoms with van der Waals surface area (Å²) in [5, 5.41) is 3.50. The second-order valence-corrected chi connectivity index (χ2v) is 5.47. The molecule has 0 aromatic heterocycles. The van der Waals surface area contributed by atoms with Crippen molar-refractivity contribution in [2.75, 3.05) is 25.1 Å². The van der Waals surface area contributed by atoms with E-state index in [4.69, 9.17) is 17.3 Å². The highest BCUT2D eigenvalue weighted by Crippen LogP contribution is 2.30. The van der Waals surface area contributed by atoms with Gasteiger partial charge in [-0.1, -0.05) is 17.7 Å². The molecule has 0 radical (unpaired) electrons. The van der Waals surface area contributed by atoms with Crippen LogP contribution in [0, 0.1) is 0 Å². The van der Waals surface area contributed by atoms with E-state index in [1.54, 1.807) is 0 Å². The zero-order valence-corrected chi connectivity index (χ0v) is 12.5. The molecule has 6 heteroatoms. The Morgan fingerprint density at radius 2 is 2.35 bits per heavy atom. The molecule has 1 aromatic rings. The van der Waals surface area contributed by atoms with Crippen LogP contribution in [0.3, 0.4) is 0 Å². The molecule has 1 aromatic carbocycles. The van der Waals surface area contributed by atoms with Crippen LogP contribution in [0.15, 0.2) is 18.2 Å². The van der Waals surface area contributed by atoms with Crippen LogP contribution in [0.25, 0.3) is 0 Å². The molecule has 1 aliphatic heterocycles. The number of methoxy groups -OCH3 is 1. The molecular formula is C14H20ClN3O2. The Labute approximate surface area is 124 Å². The van der Waals surface area contributed by atoms with Gasteiger partial charge in [0, 0.05) is 19.1 Å². The van der Waals surface area contributed by atoms with Crippen molar-refractivity contribution in [1.82, 2.24) is 5.32 Å². The Hall–Kier alpha value is -1.46. The first-order valence-corrected chi connectivity index (χ1v) is 7.03. The molecule has 1 unspecified atom stereocenters. The van der Waals surface area contributed by atoms with Gasteiger partial charge in [0.2, 0.25) is 0 Å². The first-order chi connectivity index (χ1) is 9.51. The fourth-order valence-corrected chi connectivity index (χ4v) is 2.69. The second kappa shape index (κ2) is 6.33. The van der Waals surface area contributed by atoms with E-state index in [2.05, 4.69) is 15.0 Å². The molecule has 3 N–H and O–H groups in total. The van der Waals surface area contributed by atoms with E-state index >= 15 is 0 Å². The molecule has 110 valence electrons. The SMILES string of the molecule is COC(=O)NC1CCN(c2ccc([C@H](C)N)cc2Cl)C1. The standard InChI is InChI=1S/C14H20ClN3O2/c1-9(16)10-3-4-13(12(15)7-10)18-6-5-11(8-18)17-14(19)20-2/h3-4,7,9,11H,5-6,8,16H2,1-2H3,(H,17,19)/t9-,11?/m0/s1. The summed E-state index contributed by atoms with van der Waals surface area (Å²) in [6, 6.07) is 5.94. The lowest BCUT2D eigenvalue weighted by molar-refractivity contribution is 0.167. The molecule has 2 rings (SSSR count). The number of anilines is 1. The summed E-state index contributed by atoms with van der Waals surface area (Å²) >= 11 is 6.32. The molecule has 1 saturated heterocycles. The summed E-state index contributed by atoms with van der Waals surface area (Å²) in [5.41, 5.74) is 7.84. The molecule has 0 saturated carbocycles. The number of nitrogens with zero attached hydrogens (tertiary/aromatic N) is 1. The van der Waals surface area contributed by atoms with E-state index < -0.39 is 6.09 Å². The predicted octanol–water partition coefficient (Wildman–Crippen LogP) is 2.29. The van der Waals surface area contributed by atoms with Crippen molar-refractivity contribution in [2.45, 2.75) is 25.4 Å². The average Bonchev–Trinajstić information content (AvgIpc) is 2.86. The second-order valence-electron chi connectivity index (χ2n) is 5.07. The van der Waals surface area contributed by atoms with Crippen molar-refractivity contribution >= 4 is 23.4 Å². The molecule has 2 atom stereocenters. The normalized spacial score (nSPS) is 19.8. The number of ether oxygens (including phenoxy) is 1. The van der Waals surface area contributed by atoms with Gasteiger partial charge in [0.25, 0.3) is 0 Å². The lowest BCUT2D eigenvalue weighted by atomic mass is 10.1. The molecule has 0 aliphatic carbocycles. The van der Waals surface area contributed by atoms with Gasteiger partial charge in [-0.2, -0.15) is 0 Å². The number of hydrogen-bond donors (Lipinski definition) is 2. The zero-order chi connectivity index (χ0) is 14.7. The third-order valence-electron chi connectivity index (χ3n) is 3.53. The summed E-state index contributed by atoms with van der Waals surface area (Å²) < 4.78 is 4.61. The van der Waals surface area contributed by atoms with Crippen molar-refractivity contribution in [3.8, 4) is 0 Å². The fourth-order valence-electron chi connectivity index (χ4n) is 2.39. The number of carbonyl (C=O) groups is 1. The van der Waals surface area contributed by atoms with Gasteiger partial charge in [0.15, 0.2) is 0 Å². The third kappa shape index (κ3) is 3.35. The minimum Gasteiger partial charge on any atom is -0.453 e. The first kappa shape index (κ1) is 14.9. The number of benzene rings is 1. The van der Waals surface area contributed by atoms with Crippen LogP contribution in [0.5, 0.6) is 0 Å². The first-order valence-electron chi connectivity index (χ1n) is 6.65. The molecule has 5 nitrogen and oxygen atoms in total. The minimum atomic E-state index is -0.393. The van der Waals surface area contributed by atoms with E-state index in [-0.39, 0.29) is 12.1 Å². The van der Waals surface area contributed by atoms with E-state index in [1.807, 2.05) is 25.1 Å². The molecule has 1 aliphatic rings. The third-order valence-corrected chi connectivity index (χ3v) is 3.84. The van der Waals surface area contributed by atoms with E-state index in [0.29, 0.717) is 5.02 Å². The Kier molecular flexibility index (Phi) is 4.73. The maximum atomic E-state index is 11.2. The summed E-state index contributed by atoms with van der Waals surface area (Å²) in [4.78, 5) is 13.4. The van der Waals surface area contributed by atoms with Crippen LogP contribution >= 0.6 is 11.6 Å². The molecule has 1 amide bonds. The molecule has 20 heavy (non-hydrogen) atoms. The quantitative estimate of drug-likeness (QED) is 0.898. The number of halogens is 1. The van der Waals surface area contributed by atoms with Crippen LogP contribution in [0.2, 0.25) is 5.02 Å². The number of rotatable bonds is 3. The topological polar surface area (TPSA) is 67.6 Å². The van der Waals surface area contributed by atoms with Crippen molar-refractivity contribution in [3.63, 3.8) is 0 Å². The predicted molar refractivity (Wildman–Crippen MR) is 80.2 cm³/mol. The smallest absolute Gasteiger partial charge is 0.407 e. The summed E-state index contributed by atoms with van der Waals surface area (Å²) in [7, 11) is 1.37. The van der Waals surface area contributed by atoms with Gasteiger partial charge < -0.3 is 20.7 Å². The highest BCUT2D eigenvalue weighted by Gasteiger charge is 2.25. The molecule has 1 fully saturated rings. The van der Waals surface area contributed by atoms with E-state index in [9.17, 15) is 4.79 Å². The largest absolute Gasteiger partial charge is 0.453 e.